The summed E-state index contributed by atoms with van der Waals surface area (Å²) in [6.07, 6.45) is 0. The van der Waals surface area contributed by atoms with Crippen LogP contribution in [-0.2, 0) is 5.41 Å². The van der Waals surface area contributed by atoms with E-state index in [0.29, 0.717) is 22.3 Å². The van der Waals surface area contributed by atoms with E-state index in [9.17, 15) is 4.79 Å². The van der Waals surface area contributed by atoms with Crippen molar-refractivity contribution in [2.45, 2.75) is 26.2 Å². The fraction of sp³-hybridized carbons (Fsp3) is 0.364. The molecule has 29 heavy (non-hydrogen) atoms. The molecule has 0 aliphatic heterocycles. The number of amides is 1. The summed E-state index contributed by atoms with van der Waals surface area (Å²) < 4.78 is 0.980. The summed E-state index contributed by atoms with van der Waals surface area (Å²) >= 11 is 7.60. The Hall–Kier alpha value is -1.66. The van der Waals surface area contributed by atoms with Gasteiger partial charge in [0.2, 0.25) is 0 Å². The van der Waals surface area contributed by atoms with Crippen LogP contribution >= 0.6 is 35.3 Å². The van der Waals surface area contributed by atoms with Gasteiger partial charge in [-0.3, -0.25) is 9.69 Å². The number of thiazole rings is 1. The van der Waals surface area contributed by atoms with Crippen molar-refractivity contribution in [3.63, 3.8) is 0 Å². The minimum atomic E-state index is -0.0348. The van der Waals surface area contributed by atoms with Crippen LogP contribution < -0.4 is 4.90 Å². The largest absolute Gasteiger partial charge is 0.308 e. The number of benzene rings is 2. The SMILES string of the molecule is CN(C)CCN(C(=O)c1ccc(C(C)(C)C)cc1)c1nc2ccc(Cl)cc2s1.Cl. The maximum Gasteiger partial charge on any atom is 0.260 e. The lowest BCUT2D eigenvalue weighted by Crippen LogP contribution is -2.36. The number of halogens is 2. The average Bonchev–Trinajstić information content (AvgIpc) is 3.03. The molecule has 2 aromatic carbocycles. The van der Waals surface area contributed by atoms with Crippen LogP contribution in [0.4, 0.5) is 5.13 Å². The molecule has 0 N–H and O–H groups in total. The topological polar surface area (TPSA) is 36.4 Å². The molecule has 0 saturated heterocycles. The molecule has 3 rings (SSSR count). The fourth-order valence-electron chi connectivity index (χ4n) is 2.85. The molecule has 0 aliphatic carbocycles. The van der Waals surface area contributed by atoms with Gasteiger partial charge in [-0.25, -0.2) is 4.98 Å². The number of anilines is 1. The molecule has 0 radical (unpaired) electrons. The van der Waals surface area contributed by atoms with Crippen LogP contribution in [0.1, 0.15) is 36.7 Å². The van der Waals surface area contributed by atoms with Gasteiger partial charge in [-0.15, -0.1) is 12.4 Å². The number of hydrogen-bond donors (Lipinski definition) is 0. The summed E-state index contributed by atoms with van der Waals surface area (Å²) in [4.78, 5) is 21.8. The van der Waals surface area contributed by atoms with Crippen LogP contribution in [-0.4, -0.2) is 43.0 Å². The minimum Gasteiger partial charge on any atom is -0.308 e. The molecule has 4 nitrogen and oxygen atoms in total. The van der Waals surface area contributed by atoms with Gasteiger partial charge in [0.25, 0.3) is 5.91 Å². The quantitative estimate of drug-likeness (QED) is 0.485. The summed E-state index contributed by atoms with van der Waals surface area (Å²) in [7, 11) is 4.00. The van der Waals surface area contributed by atoms with Gasteiger partial charge in [0.15, 0.2) is 5.13 Å². The van der Waals surface area contributed by atoms with Crippen molar-refractivity contribution in [2.24, 2.45) is 0 Å². The van der Waals surface area contributed by atoms with E-state index < -0.39 is 0 Å². The highest BCUT2D eigenvalue weighted by atomic mass is 35.5. The van der Waals surface area contributed by atoms with Gasteiger partial charge in [0, 0.05) is 23.7 Å². The molecule has 7 heteroatoms. The molecule has 0 unspecified atom stereocenters. The second-order valence-electron chi connectivity index (χ2n) is 8.20. The lowest BCUT2D eigenvalue weighted by atomic mass is 9.86. The number of likely N-dealkylation sites (N-methyl/N-ethyl adjacent to an activating group) is 1. The third-order valence-corrected chi connectivity index (χ3v) is 5.86. The van der Waals surface area contributed by atoms with Gasteiger partial charge in [-0.2, -0.15) is 0 Å². The molecule has 1 amide bonds. The van der Waals surface area contributed by atoms with E-state index in [0.717, 1.165) is 16.8 Å². The maximum atomic E-state index is 13.3. The Morgan fingerprint density at radius 1 is 1.07 bits per heavy atom. The Bertz CT molecular complexity index is 978. The maximum absolute atomic E-state index is 13.3. The molecule has 0 atom stereocenters. The van der Waals surface area contributed by atoms with Crippen molar-refractivity contribution < 1.29 is 4.79 Å². The highest BCUT2D eigenvalue weighted by Gasteiger charge is 2.22. The number of rotatable bonds is 5. The van der Waals surface area contributed by atoms with Crippen molar-refractivity contribution in [3.05, 3.63) is 58.6 Å². The molecule has 0 aliphatic rings. The second kappa shape index (κ2) is 9.43. The van der Waals surface area contributed by atoms with Crippen LogP contribution in [0.25, 0.3) is 10.2 Å². The van der Waals surface area contributed by atoms with Crippen LogP contribution in [0.5, 0.6) is 0 Å². The van der Waals surface area contributed by atoms with Gasteiger partial charge in [0.05, 0.1) is 10.2 Å². The van der Waals surface area contributed by atoms with Crippen LogP contribution in [0.3, 0.4) is 0 Å². The first-order valence-electron chi connectivity index (χ1n) is 9.28. The molecular weight excluding hydrogens is 425 g/mol. The molecule has 156 valence electrons. The van der Waals surface area contributed by atoms with E-state index in [2.05, 4.69) is 30.7 Å². The summed E-state index contributed by atoms with van der Waals surface area (Å²) in [5, 5.41) is 1.37. The van der Waals surface area contributed by atoms with Crippen LogP contribution in [0.2, 0.25) is 5.02 Å². The molecule has 0 spiro atoms. The van der Waals surface area contributed by atoms with Crippen molar-refractivity contribution in [1.82, 2.24) is 9.88 Å². The Morgan fingerprint density at radius 3 is 2.31 bits per heavy atom. The van der Waals surface area contributed by atoms with Crippen LogP contribution in [0, 0.1) is 0 Å². The number of hydrogen-bond acceptors (Lipinski definition) is 4. The van der Waals surface area contributed by atoms with Crippen molar-refractivity contribution in [3.8, 4) is 0 Å². The lowest BCUT2D eigenvalue weighted by molar-refractivity contribution is 0.0985. The number of fused-ring (bicyclic) bond motifs is 1. The smallest absolute Gasteiger partial charge is 0.260 e. The predicted octanol–water partition coefficient (Wildman–Crippen LogP) is 5.88. The Morgan fingerprint density at radius 2 is 1.72 bits per heavy atom. The van der Waals surface area contributed by atoms with Crippen molar-refractivity contribution >= 4 is 56.6 Å². The molecule has 3 aromatic rings. The first kappa shape index (κ1) is 23.6. The van der Waals surface area contributed by atoms with E-state index >= 15 is 0 Å². The van der Waals surface area contributed by atoms with Crippen molar-refractivity contribution in [1.29, 1.82) is 0 Å². The fourth-order valence-corrected chi connectivity index (χ4v) is 4.12. The second-order valence-corrected chi connectivity index (χ2v) is 9.64. The zero-order valence-corrected chi connectivity index (χ0v) is 19.8. The Kier molecular flexibility index (Phi) is 7.68. The number of aromatic nitrogens is 1. The van der Waals surface area contributed by atoms with E-state index in [-0.39, 0.29) is 23.7 Å². The zero-order chi connectivity index (χ0) is 20.5. The summed E-state index contributed by atoms with van der Waals surface area (Å²) in [5.74, 6) is -0.0348. The van der Waals surface area contributed by atoms with E-state index in [1.165, 1.54) is 16.9 Å². The monoisotopic (exact) mass is 451 g/mol. The zero-order valence-electron chi connectivity index (χ0n) is 17.4. The molecule has 1 aromatic heterocycles. The molecule has 0 saturated carbocycles. The summed E-state index contributed by atoms with van der Waals surface area (Å²) in [6, 6.07) is 13.5. The molecular formula is C22H27Cl2N3OS. The third-order valence-electron chi connectivity index (χ3n) is 4.58. The number of carbonyl (C=O) groups is 1. The van der Waals surface area contributed by atoms with Gasteiger partial charge >= 0.3 is 0 Å². The highest BCUT2D eigenvalue weighted by Crippen LogP contribution is 2.32. The summed E-state index contributed by atoms with van der Waals surface area (Å²) in [5.41, 5.74) is 2.79. The van der Waals surface area contributed by atoms with Gasteiger partial charge in [0.1, 0.15) is 0 Å². The van der Waals surface area contributed by atoms with E-state index in [1.54, 1.807) is 4.90 Å². The lowest BCUT2D eigenvalue weighted by Gasteiger charge is -2.23. The average molecular weight is 452 g/mol. The summed E-state index contributed by atoms with van der Waals surface area (Å²) in [6.45, 7) is 7.82. The minimum absolute atomic E-state index is 0. The first-order chi connectivity index (χ1) is 13.1. The number of carbonyl (C=O) groups excluding carboxylic acids is 1. The van der Waals surface area contributed by atoms with E-state index in [4.69, 9.17) is 11.6 Å². The normalized spacial score (nSPS) is 11.6. The molecule has 0 bridgehead atoms. The Balaban J connectivity index is 0.00000300. The van der Waals surface area contributed by atoms with Gasteiger partial charge in [-0.05, 0) is 55.4 Å². The van der Waals surface area contributed by atoms with Gasteiger partial charge < -0.3 is 4.90 Å². The van der Waals surface area contributed by atoms with Crippen LogP contribution in [0.15, 0.2) is 42.5 Å². The standard InChI is InChI=1S/C22H26ClN3OS.ClH/c1-22(2,3)16-8-6-15(7-9-16)20(27)26(13-12-25(4)5)21-24-18-11-10-17(23)14-19(18)28-21;/h6-11,14H,12-13H2,1-5H3;1H. The predicted molar refractivity (Wildman–Crippen MR) is 127 cm³/mol. The van der Waals surface area contributed by atoms with E-state index in [1.807, 2.05) is 56.6 Å². The highest BCUT2D eigenvalue weighted by molar-refractivity contribution is 7.22. The van der Waals surface area contributed by atoms with Gasteiger partial charge in [-0.1, -0.05) is 55.8 Å². The Labute approximate surface area is 187 Å². The molecule has 0 fully saturated rings. The number of nitrogens with zero attached hydrogens (tertiary/aromatic N) is 3. The third kappa shape index (κ3) is 5.70. The van der Waals surface area contributed by atoms with Crippen molar-refractivity contribution in [2.75, 3.05) is 32.1 Å². The molecule has 1 heterocycles. The first-order valence-corrected chi connectivity index (χ1v) is 10.5.